The molecule has 0 bridgehead atoms. The Balaban J connectivity index is 2.38. The van der Waals surface area contributed by atoms with E-state index < -0.39 is 0 Å². The zero-order valence-electron chi connectivity index (χ0n) is 12.3. The second-order valence-corrected chi connectivity index (χ2v) is 5.38. The SMILES string of the molecule is CCC(C)(C)ON=C(c1ccccc1)c1ccccc1. The Morgan fingerprint density at radius 3 is 1.75 bits per heavy atom. The molecule has 104 valence electrons. The van der Waals surface area contributed by atoms with Crippen molar-refractivity contribution in [2.45, 2.75) is 32.8 Å². The molecular weight excluding hydrogens is 246 g/mol. The minimum absolute atomic E-state index is 0.255. The minimum atomic E-state index is -0.255. The van der Waals surface area contributed by atoms with Crippen LogP contribution in [-0.4, -0.2) is 11.3 Å². The van der Waals surface area contributed by atoms with Crippen LogP contribution in [0.15, 0.2) is 65.8 Å². The topological polar surface area (TPSA) is 21.6 Å². The van der Waals surface area contributed by atoms with Gasteiger partial charge in [0.15, 0.2) is 0 Å². The van der Waals surface area contributed by atoms with E-state index in [0.29, 0.717) is 0 Å². The molecule has 0 spiro atoms. The summed E-state index contributed by atoms with van der Waals surface area (Å²) in [5, 5.41) is 4.42. The third kappa shape index (κ3) is 3.70. The zero-order chi connectivity index (χ0) is 14.4. The van der Waals surface area contributed by atoms with Gasteiger partial charge in [-0.25, -0.2) is 0 Å². The number of nitrogens with zero attached hydrogens (tertiary/aromatic N) is 1. The molecule has 0 amide bonds. The van der Waals surface area contributed by atoms with Crippen LogP contribution in [0.5, 0.6) is 0 Å². The molecule has 0 radical (unpaired) electrons. The molecule has 0 aliphatic carbocycles. The molecule has 0 atom stereocenters. The molecule has 2 nitrogen and oxygen atoms in total. The maximum Gasteiger partial charge on any atom is 0.132 e. The lowest BCUT2D eigenvalue weighted by Gasteiger charge is -2.21. The Morgan fingerprint density at radius 2 is 1.35 bits per heavy atom. The van der Waals surface area contributed by atoms with E-state index in [2.05, 4.69) is 12.1 Å². The van der Waals surface area contributed by atoms with Gasteiger partial charge in [0.05, 0.1) is 0 Å². The van der Waals surface area contributed by atoms with Crippen LogP contribution < -0.4 is 0 Å². The van der Waals surface area contributed by atoms with Crippen molar-refractivity contribution in [2.24, 2.45) is 5.16 Å². The van der Waals surface area contributed by atoms with Crippen molar-refractivity contribution in [1.82, 2.24) is 0 Å². The van der Waals surface area contributed by atoms with E-state index in [1.54, 1.807) is 0 Å². The summed E-state index contributed by atoms with van der Waals surface area (Å²) in [7, 11) is 0. The molecule has 2 rings (SSSR count). The Morgan fingerprint density at radius 1 is 0.900 bits per heavy atom. The van der Waals surface area contributed by atoms with E-state index in [-0.39, 0.29) is 5.60 Å². The van der Waals surface area contributed by atoms with Crippen molar-refractivity contribution in [1.29, 1.82) is 0 Å². The summed E-state index contributed by atoms with van der Waals surface area (Å²) in [6, 6.07) is 20.3. The molecule has 0 aliphatic heterocycles. The molecule has 2 aromatic carbocycles. The lowest BCUT2D eigenvalue weighted by molar-refractivity contribution is -0.0165. The molecule has 0 unspecified atom stereocenters. The van der Waals surface area contributed by atoms with Crippen LogP contribution >= 0.6 is 0 Å². The lowest BCUT2D eigenvalue weighted by Crippen LogP contribution is -2.21. The smallest absolute Gasteiger partial charge is 0.132 e. The van der Waals surface area contributed by atoms with E-state index in [4.69, 9.17) is 4.84 Å². The van der Waals surface area contributed by atoms with Crippen molar-refractivity contribution in [2.75, 3.05) is 0 Å². The van der Waals surface area contributed by atoms with Gasteiger partial charge in [0.25, 0.3) is 0 Å². The normalized spacial score (nSPS) is 10.9. The van der Waals surface area contributed by atoms with Crippen LogP contribution in [0, 0.1) is 0 Å². The van der Waals surface area contributed by atoms with Gasteiger partial charge in [-0.15, -0.1) is 0 Å². The van der Waals surface area contributed by atoms with E-state index in [1.165, 1.54) is 0 Å². The average molecular weight is 267 g/mol. The first kappa shape index (κ1) is 14.3. The van der Waals surface area contributed by atoms with Gasteiger partial charge in [-0.1, -0.05) is 72.7 Å². The van der Waals surface area contributed by atoms with Crippen LogP contribution in [0.3, 0.4) is 0 Å². The second kappa shape index (κ2) is 6.38. The fourth-order valence-electron chi connectivity index (χ4n) is 1.70. The van der Waals surface area contributed by atoms with Crippen molar-refractivity contribution in [3.05, 3.63) is 71.8 Å². The highest BCUT2D eigenvalue weighted by Crippen LogP contribution is 2.17. The fraction of sp³-hybridized carbons (Fsp3) is 0.278. The Kier molecular flexibility index (Phi) is 4.57. The second-order valence-electron chi connectivity index (χ2n) is 5.38. The summed E-state index contributed by atoms with van der Waals surface area (Å²) in [6.07, 6.45) is 0.910. The fourth-order valence-corrected chi connectivity index (χ4v) is 1.70. The van der Waals surface area contributed by atoms with Gasteiger partial charge >= 0.3 is 0 Å². The van der Waals surface area contributed by atoms with Crippen molar-refractivity contribution in [3.63, 3.8) is 0 Å². The zero-order valence-corrected chi connectivity index (χ0v) is 12.3. The number of rotatable bonds is 5. The highest BCUT2D eigenvalue weighted by Gasteiger charge is 2.17. The molecule has 0 N–H and O–H groups in total. The van der Waals surface area contributed by atoms with E-state index in [0.717, 1.165) is 23.3 Å². The van der Waals surface area contributed by atoms with Gasteiger partial charge in [0.2, 0.25) is 0 Å². The molecule has 0 saturated heterocycles. The third-order valence-corrected chi connectivity index (χ3v) is 3.33. The standard InChI is InChI=1S/C18H21NO/c1-4-18(2,3)20-19-17(15-11-7-5-8-12-15)16-13-9-6-10-14-16/h5-14H,4H2,1-3H3. The molecule has 2 aromatic rings. The number of oxime groups is 1. The van der Waals surface area contributed by atoms with Gasteiger partial charge in [0, 0.05) is 11.1 Å². The largest absolute Gasteiger partial charge is 0.389 e. The van der Waals surface area contributed by atoms with Crippen LogP contribution in [0.25, 0.3) is 0 Å². The summed E-state index contributed by atoms with van der Waals surface area (Å²) in [5.74, 6) is 0. The first-order valence-corrected chi connectivity index (χ1v) is 6.99. The van der Waals surface area contributed by atoms with Crippen LogP contribution in [0.4, 0.5) is 0 Å². The highest BCUT2D eigenvalue weighted by molar-refractivity contribution is 6.12. The quantitative estimate of drug-likeness (QED) is 0.571. The highest BCUT2D eigenvalue weighted by atomic mass is 16.6. The minimum Gasteiger partial charge on any atom is -0.389 e. The lowest BCUT2D eigenvalue weighted by atomic mass is 10.0. The summed E-state index contributed by atoms with van der Waals surface area (Å²) in [4.78, 5) is 5.74. The van der Waals surface area contributed by atoms with Crippen molar-refractivity contribution < 1.29 is 4.84 Å². The predicted molar refractivity (Wildman–Crippen MR) is 84.0 cm³/mol. The monoisotopic (exact) mass is 267 g/mol. The van der Waals surface area contributed by atoms with Gasteiger partial charge in [-0.05, 0) is 20.3 Å². The van der Waals surface area contributed by atoms with E-state index in [9.17, 15) is 0 Å². The Labute approximate surface area is 121 Å². The van der Waals surface area contributed by atoms with Crippen LogP contribution in [-0.2, 0) is 4.84 Å². The molecule has 20 heavy (non-hydrogen) atoms. The molecular formula is C18H21NO. The number of hydrogen-bond acceptors (Lipinski definition) is 2. The van der Waals surface area contributed by atoms with E-state index in [1.807, 2.05) is 74.5 Å². The third-order valence-electron chi connectivity index (χ3n) is 3.33. The summed E-state index contributed by atoms with van der Waals surface area (Å²) in [6.45, 7) is 6.19. The molecule has 2 heteroatoms. The average Bonchev–Trinajstić information content (AvgIpc) is 2.49. The first-order valence-electron chi connectivity index (χ1n) is 6.99. The summed E-state index contributed by atoms with van der Waals surface area (Å²) >= 11 is 0. The van der Waals surface area contributed by atoms with Crippen LogP contribution in [0.1, 0.15) is 38.3 Å². The maximum absolute atomic E-state index is 5.74. The van der Waals surface area contributed by atoms with Crippen molar-refractivity contribution in [3.8, 4) is 0 Å². The van der Waals surface area contributed by atoms with Gasteiger partial charge in [-0.3, -0.25) is 0 Å². The molecule has 0 aliphatic rings. The molecule has 0 aromatic heterocycles. The Hall–Kier alpha value is -2.09. The molecule has 0 saturated carbocycles. The van der Waals surface area contributed by atoms with Gasteiger partial charge < -0.3 is 4.84 Å². The molecule has 0 fully saturated rings. The summed E-state index contributed by atoms with van der Waals surface area (Å²) in [5.41, 5.74) is 2.73. The maximum atomic E-state index is 5.74. The predicted octanol–water partition coefficient (Wildman–Crippen LogP) is 4.64. The Bertz CT molecular complexity index is 517. The van der Waals surface area contributed by atoms with Crippen molar-refractivity contribution >= 4 is 5.71 Å². The van der Waals surface area contributed by atoms with E-state index >= 15 is 0 Å². The first-order chi connectivity index (χ1) is 9.62. The number of benzene rings is 2. The number of hydrogen-bond donors (Lipinski definition) is 0. The molecule has 0 heterocycles. The van der Waals surface area contributed by atoms with Crippen LogP contribution in [0.2, 0.25) is 0 Å². The van der Waals surface area contributed by atoms with Gasteiger partial charge in [-0.2, -0.15) is 0 Å². The van der Waals surface area contributed by atoms with Gasteiger partial charge in [0.1, 0.15) is 11.3 Å². The summed E-state index contributed by atoms with van der Waals surface area (Å²) < 4.78 is 0.